The molecule has 0 spiro atoms. The molecule has 0 aliphatic heterocycles. The molecule has 47 heavy (non-hydrogen) atoms. The van der Waals surface area contributed by atoms with Crippen LogP contribution in [0.15, 0.2) is 140 Å². The van der Waals surface area contributed by atoms with Crippen molar-refractivity contribution in [3.8, 4) is 17.2 Å². The SMILES string of the molecule is c1ccc2c(-c3nc(-n4c5ccccc5c5c6sc7ccccc7c6c6ccccc6c54)c4sc5ccccc5c4n3)cccc2c1. The van der Waals surface area contributed by atoms with Crippen LogP contribution in [0.1, 0.15) is 0 Å². The third kappa shape index (κ3) is 3.45. The summed E-state index contributed by atoms with van der Waals surface area (Å²) in [6.45, 7) is 0. The van der Waals surface area contributed by atoms with Gasteiger partial charge in [0.05, 0.1) is 21.3 Å². The van der Waals surface area contributed by atoms with Gasteiger partial charge in [-0.3, -0.25) is 4.57 Å². The molecule has 5 heteroatoms. The molecule has 7 aromatic carbocycles. The number of rotatable bonds is 2. The first-order chi connectivity index (χ1) is 23.3. The van der Waals surface area contributed by atoms with E-state index in [1.807, 2.05) is 11.3 Å². The van der Waals surface area contributed by atoms with Gasteiger partial charge in [-0.2, -0.15) is 0 Å². The van der Waals surface area contributed by atoms with Gasteiger partial charge >= 0.3 is 0 Å². The summed E-state index contributed by atoms with van der Waals surface area (Å²) in [6.07, 6.45) is 0. The molecule has 0 radical (unpaired) electrons. The van der Waals surface area contributed by atoms with E-state index in [1.54, 1.807) is 11.3 Å². The van der Waals surface area contributed by atoms with E-state index in [9.17, 15) is 0 Å². The zero-order valence-corrected chi connectivity index (χ0v) is 26.6. The Morgan fingerprint density at radius 3 is 1.91 bits per heavy atom. The number of para-hydroxylation sites is 1. The Hall–Kier alpha value is -5.62. The average molecular weight is 634 g/mol. The molecule has 0 saturated carbocycles. The molecule has 0 fully saturated rings. The molecule has 0 amide bonds. The zero-order valence-electron chi connectivity index (χ0n) is 24.9. The van der Waals surface area contributed by atoms with Crippen molar-refractivity contribution in [2.24, 2.45) is 0 Å². The van der Waals surface area contributed by atoms with Gasteiger partial charge in [0.2, 0.25) is 0 Å². The second-order valence-electron chi connectivity index (χ2n) is 12.1. The van der Waals surface area contributed by atoms with Crippen molar-refractivity contribution < 1.29 is 0 Å². The molecule has 0 saturated heterocycles. The molecule has 3 nitrogen and oxygen atoms in total. The van der Waals surface area contributed by atoms with Crippen LogP contribution in [-0.2, 0) is 0 Å². The van der Waals surface area contributed by atoms with Gasteiger partial charge < -0.3 is 0 Å². The highest BCUT2D eigenvalue weighted by atomic mass is 32.1. The Morgan fingerprint density at radius 1 is 0.447 bits per heavy atom. The number of thiophene rings is 2. The van der Waals surface area contributed by atoms with Crippen LogP contribution in [0.4, 0.5) is 0 Å². The van der Waals surface area contributed by atoms with Crippen molar-refractivity contribution in [1.82, 2.24) is 14.5 Å². The van der Waals surface area contributed by atoms with Gasteiger partial charge in [-0.25, -0.2) is 9.97 Å². The highest BCUT2D eigenvalue weighted by Crippen LogP contribution is 2.49. The van der Waals surface area contributed by atoms with Gasteiger partial charge in [0, 0.05) is 52.0 Å². The lowest BCUT2D eigenvalue weighted by molar-refractivity contribution is 1.09. The van der Waals surface area contributed by atoms with E-state index in [-0.39, 0.29) is 0 Å². The number of hydrogen-bond donors (Lipinski definition) is 0. The first-order valence-electron chi connectivity index (χ1n) is 15.8. The number of aromatic nitrogens is 3. The fourth-order valence-corrected chi connectivity index (χ4v) is 10.0. The third-order valence-corrected chi connectivity index (χ3v) is 11.9. The summed E-state index contributed by atoms with van der Waals surface area (Å²) < 4.78 is 7.38. The summed E-state index contributed by atoms with van der Waals surface area (Å²) in [5.41, 5.74) is 4.39. The average Bonchev–Trinajstić information content (AvgIpc) is 3.81. The Balaban J connectivity index is 1.39. The summed E-state index contributed by atoms with van der Waals surface area (Å²) in [5, 5.41) is 11.2. The van der Waals surface area contributed by atoms with Crippen LogP contribution in [-0.4, -0.2) is 14.5 Å². The van der Waals surface area contributed by atoms with Crippen LogP contribution < -0.4 is 0 Å². The van der Waals surface area contributed by atoms with Crippen molar-refractivity contribution in [2.75, 3.05) is 0 Å². The lowest BCUT2D eigenvalue weighted by Crippen LogP contribution is -2.02. The summed E-state index contributed by atoms with van der Waals surface area (Å²) in [4.78, 5) is 10.9. The third-order valence-electron chi connectivity index (χ3n) is 9.59. The van der Waals surface area contributed by atoms with E-state index in [0.29, 0.717) is 0 Å². The number of hydrogen-bond acceptors (Lipinski definition) is 4. The predicted octanol–water partition coefficient (Wildman–Crippen LogP) is 12.3. The van der Waals surface area contributed by atoms with E-state index in [0.717, 1.165) is 43.7 Å². The van der Waals surface area contributed by atoms with Crippen LogP contribution in [0, 0.1) is 0 Å². The lowest BCUT2D eigenvalue weighted by Gasteiger charge is -2.13. The first kappa shape index (κ1) is 25.6. The molecule has 0 aliphatic rings. The molecule has 0 unspecified atom stereocenters. The smallest absolute Gasteiger partial charge is 0.162 e. The van der Waals surface area contributed by atoms with Gasteiger partial charge in [-0.05, 0) is 34.4 Å². The molecule has 4 heterocycles. The first-order valence-corrected chi connectivity index (χ1v) is 17.4. The molecular weight excluding hydrogens is 611 g/mol. The highest BCUT2D eigenvalue weighted by molar-refractivity contribution is 7.27. The largest absolute Gasteiger partial charge is 0.292 e. The molecule has 0 N–H and O–H groups in total. The van der Waals surface area contributed by atoms with Crippen LogP contribution >= 0.6 is 22.7 Å². The fraction of sp³-hybridized carbons (Fsp3) is 0. The molecule has 218 valence electrons. The van der Waals surface area contributed by atoms with Crippen molar-refractivity contribution in [3.05, 3.63) is 140 Å². The van der Waals surface area contributed by atoms with E-state index in [4.69, 9.17) is 9.97 Å². The van der Waals surface area contributed by atoms with Crippen LogP contribution in [0.25, 0.3) is 101 Å². The van der Waals surface area contributed by atoms with Gasteiger partial charge in [-0.15, -0.1) is 22.7 Å². The topological polar surface area (TPSA) is 30.7 Å². The summed E-state index contributed by atoms with van der Waals surface area (Å²) in [5.74, 6) is 1.67. The standard InChI is InChI=1S/C42H23N3S2/c1-2-14-25-24(12-1)13-11-20-28(25)41-43-37-31-19-7-10-23-34(31)47-40(37)42(44-41)45-32-21-8-5-17-29(32)36-38(45)27-16-4-3-15-26(27)35-30-18-6-9-22-33(30)46-39(35)36/h1-23H. The summed E-state index contributed by atoms with van der Waals surface area (Å²) >= 11 is 3.68. The van der Waals surface area contributed by atoms with Gasteiger partial charge in [0.15, 0.2) is 11.6 Å². The fourth-order valence-electron chi connectivity index (χ4n) is 7.61. The lowest BCUT2D eigenvalue weighted by atomic mass is 10.00. The molecular formula is C42H23N3S2. The minimum absolute atomic E-state index is 0.742. The molecule has 0 aliphatic carbocycles. The molecule has 4 aromatic heterocycles. The number of benzene rings is 7. The summed E-state index contributed by atoms with van der Waals surface area (Å²) in [7, 11) is 0. The monoisotopic (exact) mass is 633 g/mol. The number of fused-ring (bicyclic) bond motifs is 14. The van der Waals surface area contributed by atoms with Crippen molar-refractivity contribution in [2.45, 2.75) is 0 Å². The second-order valence-corrected chi connectivity index (χ2v) is 14.2. The van der Waals surface area contributed by atoms with E-state index < -0.39 is 0 Å². The van der Waals surface area contributed by atoms with Gasteiger partial charge in [0.25, 0.3) is 0 Å². The normalized spacial score (nSPS) is 12.3. The molecule has 11 aromatic rings. The Labute approximate surface area is 276 Å². The molecule has 11 rings (SSSR count). The predicted molar refractivity (Wildman–Crippen MR) is 203 cm³/mol. The Morgan fingerprint density at radius 2 is 1.06 bits per heavy atom. The molecule has 0 atom stereocenters. The maximum absolute atomic E-state index is 5.55. The van der Waals surface area contributed by atoms with E-state index >= 15 is 0 Å². The summed E-state index contributed by atoms with van der Waals surface area (Å²) in [6, 6.07) is 50.2. The van der Waals surface area contributed by atoms with E-state index in [2.05, 4.69) is 144 Å². The second kappa shape index (κ2) is 9.46. The van der Waals surface area contributed by atoms with Gasteiger partial charge in [-0.1, -0.05) is 121 Å². The van der Waals surface area contributed by atoms with Gasteiger partial charge in [0.1, 0.15) is 0 Å². The van der Waals surface area contributed by atoms with Crippen LogP contribution in [0.3, 0.4) is 0 Å². The minimum Gasteiger partial charge on any atom is -0.292 e. The zero-order chi connectivity index (χ0) is 30.6. The highest BCUT2D eigenvalue weighted by Gasteiger charge is 2.25. The quantitative estimate of drug-likeness (QED) is 0.190. The van der Waals surface area contributed by atoms with Crippen LogP contribution in [0.5, 0.6) is 0 Å². The minimum atomic E-state index is 0.742. The van der Waals surface area contributed by atoms with Crippen molar-refractivity contribution >= 4 is 106 Å². The van der Waals surface area contributed by atoms with E-state index in [1.165, 1.54) is 57.3 Å². The number of nitrogens with zero attached hydrogens (tertiary/aromatic N) is 3. The maximum Gasteiger partial charge on any atom is 0.162 e. The Kier molecular flexibility index (Phi) is 5.14. The molecule has 0 bridgehead atoms. The Bertz CT molecular complexity index is 3080. The maximum atomic E-state index is 5.55. The van der Waals surface area contributed by atoms with Crippen LogP contribution in [0.2, 0.25) is 0 Å². The van der Waals surface area contributed by atoms with Crippen molar-refractivity contribution in [1.29, 1.82) is 0 Å². The van der Waals surface area contributed by atoms with Crippen molar-refractivity contribution in [3.63, 3.8) is 0 Å².